The average Bonchev–Trinajstić information content (AvgIpc) is 2.54. The summed E-state index contributed by atoms with van der Waals surface area (Å²) in [5, 5.41) is 3.42. The second kappa shape index (κ2) is 6.33. The maximum atomic E-state index is 13.8. The molecule has 19 heavy (non-hydrogen) atoms. The van der Waals surface area contributed by atoms with Crippen LogP contribution in [0.4, 0.5) is 10.1 Å². The van der Waals surface area contributed by atoms with E-state index in [1.165, 1.54) is 25.3 Å². The number of nitrogens with two attached hydrogens (primary N) is 1. The molecular weight excluding hydrogens is 259 g/mol. The van der Waals surface area contributed by atoms with Gasteiger partial charge < -0.3 is 11.1 Å². The monoisotopic (exact) mass is 280 g/mol. The van der Waals surface area contributed by atoms with E-state index in [2.05, 4.69) is 12.2 Å². The standard InChI is InChI=1S/C15H21FN2S/c1-10-4-2-5-11(9-8-10)18-13-7-3-6-12(16)14(13)15(17)19/h3,6-7,10-11,18H,2,4-5,8-9H2,1H3,(H2,17,19). The maximum absolute atomic E-state index is 13.8. The lowest BCUT2D eigenvalue weighted by Gasteiger charge is -2.20. The van der Waals surface area contributed by atoms with Crippen molar-refractivity contribution < 1.29 is 4.39 Å². The van der Waals surface area contributed by atoms with Crippen molar-refractivity contribution in [3.05, 3.63) is 29.6 Å². The van der Waals surface area contributed by atoms with Crippen LogP contribution in [0.5, 0.6) is 0 Å². The summed E-state index contributed by atoms with van der Waals surface area (Å²) in [4.78, 5) is 0.114. The van der Waals surface area contributed by atoms with E-state index in [0.717, 1.165) is 24.4 Å². The first-order chi connectivity index (χ1) is 9.08. The molecule has 2 nitrogen and oxygen atoms in total. The smallest absolute Gasteiger partial charge is 0.135 e. The number of rotatable bonds is 3. The lowest BCUT2D eigenvalue weighted by Crippen LogP contribution is -2.22. The molecule has 104 valence electrons. The fraction of sp³-hybridized carbons (Fsp3) is 0.533. The minimum absolute atomic E-state index is 0.114. The highest BCUT2D eigenvalue weighted by Gasteiger charge is 2.18. The van der Waals surface area contributed by atoms with Crippen LogP contribution >= 0.6 is 12.2 Å². The van der Waals surface area contributed by atoms with Crippen molar-refractivity contribution in [1.82, 2.24) is 0 Å². The van der Waals surface area contributed by atoms with Gasteiger partial charge in [-0.15, -0.1) is 0 Å². The highest BCUT2D eigenvalue weighted by atomic mass is 32.1. The van der Waals surface area contributed by atoms with Crippen LogP contribution in [-0.4, -0.2) is 11.0 Å². The number of hydrogen-bond acceptors (Lipinski definition) is 2. The van der Waals surface area contributed by atoms with Gasteiger partial charge in [0.1, 0.15) is 10.8 Å². The van der Waals surface area contributed by atoms with Gasteiger partial charge in [0, 0.05) is 11.7 Å². The molecule has 1 aliphatic rings. The number of halogens is 1. The molecule has 0 aliphatic heterocycles. The van der Waals surface area contributed by atoms with Gasteiger partial charge >= 0.3 is 0 Å². The Hall–Kier alpha value is -1.16. The number of nitrogens with one attached hydrogen (secondary N) is 1. The fourth-order valence-corrected chi connectivity index (χ4v) is 2.95. The molecular formula is C15H21FN2S. The van der Waals surface area contributed by atoms with Crippen molar-refractivity contribution in [2.24, 2.45) is 11.7 Å². The summed E-state index contributed by atoms with van der Waals surface area (Å²) >= 11 is 4.95. The molecule has 1 aliphatic carbocycles. The Balaban J connectivity index is 2.14. The quantitative estimate of drug-likeness (QED) is 0.652. The normalized spacial score (nSPS) is 23.7. The molecule has 0 aromatic heterocycles. The first kappa shape index (κ1) is 14.3. The first-order valence-electron chi connectivity index (χ1n) is 6.92. The fourth-order valence-electron chi connectivity index (χ4n) is 2.75. The molecule has 1 saturated carbocycles. The molecule has 0 spiro atoms. The highest BCUT2D eigenvalue weighted by molar-refractivity contribution is 7.80. The van der Waals surface area contributed by atoms with Gasteiger partial charge in [-0.05, 0) is 37.3 Å². The Morgan fingerprint density at radius 3 is 2.84 bits per heavy atom. The van der Waals surface area contributed by atoms with E-state index in [1.54, 1.807) is 6.07 Å². The van der Waals surface area contributed by atoms with Crippen molar-refractivity contribution in [3.8, 4) is 0 Å². The zero-order valence-electron chi connectivity index (χ0n) is 11.3. The maximum Gasteiger partial charge on any atom is 0.135 e. The molecule has 0 heterocycles. The van der Waals surface area contributed by atoms with Gasteiger partial charge in [-0.2, -0.15) is 0 Å². The van der Waals surface area contributed by atoms with Crippen LogP contribution in [-0.2, 0) is 0 Å². The van der Waals surface area contributed by atoms with E-state index in [4.69, 9.17) is 18.0 Å². The van der Waals surface area contributed by atoms with Crippen molar-refractivity contribution in [3.63, 3.8) is 0 Å². The van der Waals surface area contributed by atoms with Gasteiger partial charge in [0.25, 0.3) is 0 Å². The van der Waals surface area contributed by atoms with Gasteiger partial charge in [-0.25, -0.2) is 4.39 Å². The minimum Gasteiger partial charge on any atom is -0.389 e. The first-order valence-corrected chi connectivity index (χ1v) is 7.33. The topological polar surface area (TPSA) is 38.0 Å². The molecule has 2 rings (SSSR count). The molecule has 0 saturated heterocycles. The molecule has 0 amide bonds. The summed E-state index contributed by atoms with van der Waals surface area (Å²) in [6.07, 6.45) is 5.96. The van der Waals surface area contributed by atoms with Gasteiger partial charge in [0.2, 0.25) is 0 Å². The van der Waals surface area contributed by atoms with Gasteiger partial charge in [0.15, 0.2) is 0 Å². The number of thiocarbonyl (C=S) groups is 1. The van der Waals surface area contributed by atoms with Crippen LogP contribution < -0.4 is 11.1 Å². The van der Waals surface area contributed by atoms with Crippen LogP contribution in [0.15, 0.2) is 18.2 Å². The summed E-state index contributed by atoms with van der Waals surface area (Å²) in [6.45, 7) is 2.30. The van der Waals surface area contributed by atoms with E-state index in [9.17, 15) is 4.39 Å². The van der Waals surface area contributed by atoms with Crippen LogP contribution in [0.2, 0.25) is 0 Å². The zero-order chi connectivity index (χ0) is 13.8. The third-order valence-electron chi connectivity index (χ3n) is 3.88. The number of benzene rings is 1. The summed E-state index contributed by atoms with van der Waals surface area (Å²) < 4.78 is 13.8. The van der Waals surface area contributed by atoms with E-state index >= 15 is 0 Å². The minimum atomic E-state index is -0.348. The predicted octanol–water partition coefficient (Wildman–Crippen LogP) is 3.84. The average molecular weight is 280 g/mol. The molecule has 1 aromatic carbocycles. The van der Waals surface area contributed by atoms with E-state index < -0.39 is 0 Å². The van der Waals surface area contributed by atoms with Crippen molar-refractivity contribution in [2.45, 2.75) is 45.1 Å². The Morgan fingerprint density at radius 1 is 1.32 bits per heavy atom. The largest absolute Gasteiger partial charge is 0.389 e. The van der Waals surface area contributed by atoms with E-state index in [-0.39, 0.29) is 10.8 Å². The number of hydrogen-bond donors (Lipinski definition) is 2. The third kappa shape index (κ3) is 3.66. The van der Waals surface area contributed by atoms with Gasteiger partial charge in [-0.1, -0.05) is 38.0 Å². The van der Waals surface area contributed by atoms with E-state index in [1.807, 2.05) is 6.07 Å². The van der Waals surface area contributed by atoms with Crippen LogP contribution in [0.25, 0.3) is 0 Å². The second-order valence-corrected chi connectivity index (χ2v) is 5.92. The van der Waals surface area contributed by atoms with Gasteiger partial charge in [-0.3, -0.25) is 0 Å². The second-order valence-electron chi connectivity index (χ2n) is 5.48. The summed E-state index contributed by atoms with van der Waals surface area (Å²) in [7, 11) is 0. The molecule has 1 fully saturated rings. The van der Waals surface area contributed by atoms with Crippen molar-refractivity contribution in [1.29, 1.82) is 0 Å². The molecule has 2 atom stereocenters. The molecule has 2 unspecified atom stereocenters. The van der Waals surface area contributed by atoms with Crippen molar-refractivity contribution >= 4 is 22.9 Å². The lowest BCUT2D eigenvalue weighted by atomic mass is 10.0. The predicted molar refractivity (Wildman–Crippen MR) is 81.9 cm³/mol. The number of anilines is 1. The van der Waals surface area contributed by atoms with Crippen LogP contribution in [0.3, 0.4) is 0 Å². The molecule has 0 bridgehead atoms. The summed E-state index contributed by atoms with van der Waals surface area (Å²) in [6, 6.07) is 5.33. The molecule has 0 radical (unpaired) electrons. The molecule has 3 N–H and O–H groups in total. The molecule has 4 heteroatoms. The summed E-state index contributed by atoms with van der Waals surface area (Å²) in [5.41, 5.74) is 6.70. The van der Waals surface area contributed by atoms with Crippen LogP contribution in [0, 0.1) is 11.7 Å². The van der Waals surface area contributed by atoms with Crippen LogP contribution in [0.1, 0.15) is 44.6 Å². The molecule has 1 aromatic rings. The summed E-state index contributed by atoms with van der Waals surface area (Å²) in [5.74, 6) is 0.439. The lowest BCUT2D eigenvalue weighted by molar-refractivity contribution is 0.502. The Kier molecular flexibility index (Phi) is 4.75. The third-order valence-corrected chi connectivity index (χ3v) is 4.08. The zero-order valence-corrected chi connectivity index (χ0v) is 12.1. The highest BCUT2D eigenvalue weighted by Crippen LogP contribution is 2.27. The Bertz CT molecular complexity index is 461. The Morgan fingerprint density at radius 2 is 2.11 bits per heavy atom. The SMILES string of the molecule is CC1CCCC(Nc2cccc(F)c2C(N)=S)CC1. The van der Waals surface area contributed by atoms with E-state index in [0.29, 0.717) is 11.6 Å². The van der Waals surface area contributed by atoms with Crippen molar-refractivity contribution in [2.75, 3.05) is 5.32 Å². The Labute approximate surface area is 119 Å². The van der Waals surface area contributed by atoms with Gasteiger partial charge in [0.05, 0.1) is 5.56 Å².